The fourth-order valence-electron chi connectivity index (χ4n) is 4.59. The van der Waals surface area contributed by atoms with Crippen molar-refractivity contribution < 1.29 is 18.0 Å². The lowest BCUT2D eigenvalue weighted by molar-refractivity contribution is 0.0603. The maximum atomic E-state index is 13.4. The fourth-order valence-corrected chi connectivity index (χ4v) is 6.27. The number of sulfonamides is 1. The molecular formula is C22H22N2O4S. The van der Waals surface area contributed by atoms with Gasteiger partial charge in [-0.25, -0.2) is 8.42 Å². The molecule has 2 fully saturated rings. The number of benzene rings is 2. The first-order valence-electron chi connectivity index (χ1n) is 9.90. The van der Waals surface area contributed by atoms with Crippen LogP contribution in [0.25, 0.3) is 0 Å². The van der Waals surface area contributed by atoms with E-state index in [9.17, 15) is 18.0 Å². The molecule has 0 aromatic heterocycles. The molecule has 2 heterocycles. The first-order valence-corrected chi connectivity index (χ1v) is 11.3. The van der Waals surface area contributed by atoms with Crippen molar-refractivity contribution in [2.45, 2.75) is 30.7 Å². The Morgan fingerprint density at radius 2 is 1.52 bits per heavy atom. The molecule has 0 N–H and O–H groups in total. The van der Waals surface area contributed by atoms with Crippen LogP contribution < -0.4 is 0 Å². The Bertz CT molecular complexity index is 1070. The highest BCUT2D eigenvalue weighted by atomic mass is 32.2. The molecule has 1 saturated carbocycles. The van der Waals surface area contributed by atoms with E-state index in [1.54, 1.807) is 48.5 Å². The quantitative estimate of drug-likeness (QED) is 0.727. The molecule has 29 heavy (non-hydrogen) atoms. The van der Waals surface area contributed by atoms with Crippen LogP contribution >= 0.6 is 0 Å². The van der Waals surface area contributed by atoms with E-state index in [0.29, 0.717) is 35.9 Å². The third-order valence-corrected chi connectivity index (χ3v) is 8.30. The van der Waals surface area contributed by atoms with Gasteiger partial charge in [0.25, 0.3) is 11.8 Å². The van der Waals surface area contributed by atoms with Gasteiger partial charge in [-0.1, -0.05) is 29.8 Å². The molecule has 150 valence electrons. The summed E-state index contributed by atoms with van der Waals surface area (Å²) >= 11 is 0. The highest BCUT2D eigenvalue weighted by Crippen LogP contribution is 2.48. The minimum absolute atomic E-state index is 0.0979. The molecule has 6 nitrogen and oxygen atoms in total. The molecule has 2 aromatic carbocycles. The fraction of sp³-hybridized carbons (Fsp3) is 0.364. The number of fused-ring (bicyclic) bond motifs is 2. The Kier molecular flexibility index (Phi) is 4.15. The van der Waals surface area contributed by atoms with Crippen molar-refractivity contribution in [1.82, 2.24) is 9.21 Å². The van der Waals surface area contributed by atoms with E-state index in [0.717, 1.165) is 12.0 Å². The van der Waals surface area contributed by atoms with Gasteiger partial charge in [0, 0.05) is 19.1 Å². The molecule has 3 unspecified atom stereocenters. The second kappa shape index (κ2) is 6.50. The van der Waals surface area contributed by atoms with Gasteiger partial charge in [-0.2, -0.15) is 4.31 Å². The number of hydrogen-bond donors (Lipinski definition) is 0. The summed E-state index contributed by atoms with van der Waals surface area (Å²) in [5.41, 5.74) is 1.78. The van der Waals surface area contributed by atoms with Crippen molar-refractivity contribution in [3.05, 3.63) is 65.2 Å². The highest BCUT2D eigenvalue weighted by molar-refractivity contribution is 7.89. The summed E-state index contributed by atoms with van der Waals surface area (Å²) in [6.07, 6.45) is 1.70. The standard InChI is InChI=1S/C22H22N2O4S/c1-14-6-8-18(9-7-14)29(27,28)24-12-16-10-15(16)11-17(24)13-23-21(25)19-4-2-3-5-20(19)22(23)26/h2-9,15-17H,10-13H2,1H3. The van der Waals surface area contributed by atoms with Crippen LogP contribution in [0.4, 0.5) is 0 Å². The number of carbonyl (C=O) groups is 2. The van der Waals surface area contributed by atoms with Crippen LogP contribution in [-0.4, -0.2) is 48.6 Å². The summed E-state index contributed by atoms with van der Waals surface area (Å²) in [5, 5.41) is 0. The maximum Gasteiger partial charge on any atom is 0.261 e. The molecule has 2 aliphatic heterocycles. The van der Waals surface area contributed by atoms with Crippen LogP contribution in [0.2, 0.25) is 0 Å². The summed E-state index contributed by atoms with van der Waals surface area (Å²) in [7, 11) is -3.69. The predicted molar refractivity (Wildman–Crippen MR) is 107 cm³/mol. The number of piperidine rings is 1. The molecule has 0 spiro atoms. The van der Waals surface area contributed by atoms with E-state index in [-0.39, 0.29) is 23.3 Å². The Morgan fingerprint density at radius 3 is 2.14 bits per heavy atom. The molecule has 1 aliphatic carbocycles. The lowest BCUT2D eigenvalue weighted by atomic mass is 10.0. The zero-order valence-corrected chi connectivity index (χ0v) is 16.9. The number of rotatable bonds is 4. The van der Waals surface area contributed by atoms with Crippen molar-refractivity contribution in [3.8, 4) is 0 Å². The van der Waals surface area contributed by atoms with Crippen LogP contribution in [0.5, 0.6) is 0 Å². The molecule has 3 aliphatic rings. The molecule has 3 atom stereocenters. The third kappa shape index (κ3) is 3.00. The first-order chi connectivity index (χ1) is 13.9. The number of nitrogens with zero attached hydrogens (tertiary/aromatic N) is 2. The van der Waals surface area contributed by atoms with Gasteiger partial charge in [-0.05, 0) is 55.9 Å². The lowest BCUT2D eigenvalue weighted by Gasteiger charge is -2.36. The second-order valence-electron chi connectivity index (χ2n) is 8.30. The Hall–Kier alpha value is -2.51. The van der Waals surface area contributed by atoms with Gasteiger partial charge in [0.05, 0.1) is 16.0 Å². The van der Waals surface area contributed by atoms with Crippen molar-refractivity contribution in [1.29, 1.82) is 0 Å². The summed E-state index contributed by atoms with van der Waals surface area (Å²) < 4.78 is 28.3. The molecule has 2 amide bonds. The average Bonchev–Trinajstić information content (AvgIpc) is 3.44. The van der Waals surface area contributed by atoms with Crippen LogP contribution in [0, 0.1) is 18.8 Å². The van der Waals surface area contributed by atoms with Gasteiger partial charge in [0.15, 0.2) is 0 Å². The topological polar surface area (TPSA) is 74.8 Å². The van der Waals surface area contributed by atoms with Crippen LogP contribution in [-0.2, 0) is 10.0 Å². The van der Waals surface area contributed by atoms with Crippen LogP contribution in [0.15, 0.2) is 53.4 Å². The Balaban J connectivity index is 1.45. The van der Waals surface area contributed by atoms with Crippen molar-refractivity contribution >= 4 is 21.8 Å². The lowest BCUT2D eigenvalue weighted by Crippen LogP contribution is -2.51. The minimum Gasteiger partial charge on any atom is -0.273 e. The molecular weight excluding hydrogens is 388 g/mol. The zero-order valence-electron chi connectivity index (χ0n) is 16.1. The van der Waals surface area contributed by atoms with Gasteiger partial charge in [-0.15, -0.1) is 0 Å². The summed E-state index contributed by atoms with van der Waals surface area (Å²) in [4.78, 5) is 27.0. The molecule has 5 rings (SSSR count). The van der Waals surface area contributed by atoms with E-state index in [4.69, 9.17) is 0 Å². The van der Waals surface area contributed by atoms with Gasteiger partial charge in [-0.3, -0.25) is 14.5 Å². The number of amides is 2. The largest absolute Gasteiger partial charge is 0.273 e. The molecule has 2 aromatic rings. The monoisotopic (exact) mass is 410 g/mol. The number of imide groups is 1. The zero-order chi connectivity index (χ0) is 20.3. The van der Waals surface area contributed by atoms with Crippen LogP contribution in [0.1, 0.15) is 39.1 Å². The number of hydrogen-bond acceptors (Lipinski definition) is 4. The van der Waals surface area contributed by atoms with Crippen molar-refractivity contribution in [3.63, 3.8) is 0 Å². The Morgan fingerprint density at radius 1 is 0.897 bits per heavy atom. The van der Waals surface area contributed by atoms with E-state index in [1.807, 2.05) is 6.92 Å². The van der Waals surface area contributed by atoms with E-state index >= 15 is 0 Å². The average molecular weight is 410 g/mol. The van der Waals surface area contributed by atoms with Crippen molar-refractivity contribution in [2.24, 2.45) is 11.8 Å². The highest BCUT2D eigenvalue weighted by Gasteiger charge is 2.51. The van der Waals surface area contributed by atoms with Gasteiger partial charge < -0.3 is 0 Å². The van der Waals surface area contributed by atoms with Gasteiger partial charge in [0.1, 0.15) is 0 Å². The van der Waals surface area contributed by atoms with Gasteiger partial charge in [0.2, 0.25) is 10.0 Å². The second-order valence-corrected chi connectivity index (χ2v) is 10.2. The number of carbonyl (C=O) groups excluding carboxylic acids is 2. The third-order valence-electron chi connectivity index (χ3n) is 6.36. The van der Waals surface area contributed by atoms with Gasteiger partial charge >= 0.3 is 0 Å². The number of aryl methyl sites for hydroxylation is 1. The SMILES string of the molecule is Cc1ccc(S(=O)(=O)N2CC3CC3CC2CN2C(=O)c3ccccc3C2=O)cc1. The summed E-state index contributed by atoms with van der Waals surface area (Å²) in [6.45, 7) is 2.46. The van der Waals surface area contributed by atoms with E-state index in [1.165, 1.54) is 9.21 Å². The molecule has 0 bridgehead atoms. The maximum absolute atomic E-state index is 13.4. The molecule has 1 saturated heterocycles. The summed E-state index contributed by atoms with van der Waals surface area (Å²) in [5.74, 6) is 0.195. The van der Waals surface area contributed by atoms with Crippen LogP contribution in [0.3, 0.4) is 0 Å². The molecule has 0 radical (unpaired) electrons. The minimum atomic E-state index is -3.69. The smallest absolute Gasteiger partial charge is 0.261 e. The predicted octanol–water partition coefficient (Wildman–Crippen LogP) is 2.69. The van der Waals surface area contributed by atoms with E-state index in [2.05, 4.69) is 0 Å². The Labute approximate surface area is 170 Å². The summed E-state index contributed by atoms with van der Waals surface area (Å²) in [6, 6.07) is 13.2. The van der Waals surface area contributed by atoms with E-state index < -0.39 is 16.1 Å². The van der Waals surface area contributed by atoms with Crippen molar-refractivity contribution in [2.75, 3.05) is 13.1 Å². The first kappa shape index (κ1) is 18.5. The molecule has 7 heteroatoms. The normalized spacial score (nSPS) is 26.4.